The van der Waals surface area contributed by atoms with E-state index in [-0.39, 0.29) is 0 Å². The van der Waals surface area contributed by atoms with Crippen LogP contribution in [0.3, 0.4) is 0 Å². The van der Waals surface area contributed by atoms with Gasteiger partial charge in [-0.3, -0.25) is 0 Å². The first-order chi connectivity index (χ1) is 30.7. The van der Waals surface area contributed by atoms with Crippen LogP contribution in [0, 0.1) is 0 Å². The zero-order valence-corrected chi connectivity index (χ0v) is 33.7. The minimum absolute atomic E-state index is 0.395. The highest BCUT2D eigenvalue weighted by molar-refractivity contribution is 6.61. The van der Waals surface area contributed by atoms with E-state index in [1.807, 2.05) is 109 Å². The van der Waals surface area contributed by atoms with Crippen molar-refractivity contribution in [3.8, 4) is 45.3 Å². The number of rotatable bonds is 5. The van der Waals surface area contributed by atoms with Crippen molar-refractivity contribution >= 4 is 145 Å². The third kappa shape index (κ3) is 5.65. The zero-order chi connectivity index (χ0) is 42.7. The summed E-state index contributed by atoms with van der Waals surface area (Å²) in [5, 5.41) is 4.75. The van der Waals surface area contributed by atoms with Crippen LogP contribution in [0.15, 0.2) is 162 Å². The summed E-state index contributed by atoms with van der Waals surface area (Å²) < 4.78 is 11.1. The van der Waals surface area contributed by atoms with Crippen LogP contribution in [-0.2, 0) is 0 Å². The second-order valence-corrected chi connectivity index (χ2v) is 16.0. The fraction of sp³-hybridized carbons (Fsp3) is 0. The van der Waals surface area contributed by atoms with Gasteiger partial charge in [0.15, 0.2) is 5.82 Å². The molecular formula is C52H26B6N4O. The van der Waals surface area contributed by atoms with E-state index in [2.05, 4.69) is 45.5 Å². The Morgan fingerprint density at radius 1 is 0.413 bits per heavy atom. The molecule has 8 aromatic carbocycles. The molecule has 0 unspecified atom stereocenters. The lowest BCUT2D eigenvalue weighted by molar-refractivity contribution is 0.669. The molecule has 12 rings (SSSR count). The van der Waals surface area contributed by atoms with Crippen molar-refractivity contribution < 1.29 is 4.42 Å². The Kier molecular flexibility index (Phi) is 8.36. The third-order valence-corrected chi connectivity index (χ3v) is 12.1. The van der Waals surface area contributed by atoms with Crippen LogP contribution in [0.1, 0.15) is 0 Å². The largest absolute Gasteiger partial charge is 0.455 e. The zero-order valence-electron chi connectivity index (χ0n) is 33.7. The average molecular weight is 788 g/mol. The molecule has 0 bridgehead atoms. The van der Waals surface area contributed by atoms with Crippen molar-refractivity contribution in [1.29, 1.82) is 0 Å². The predicted octanol–water partition coefficient (Wildman–Crippen LogP) is 6.33. The summed E-state index contributed by atoms with van der Waals surface area (Å²) in [4.78, 5) is 10.3. The summed E-state index contributed by atoms with van der Waals surface area (Å²) in [6.07, 6.45) is 0. The minimum atomic E-state index is 0.395. The number of furan rings is 1. The second kappa shape index (κ2) is 14.1. The molecule has 4 aromatic heterocycles. The number of benzene rings is 8. The van der Waals surface area contributed by atoms with Gasteiger partial charge in [-0.1, -0.05) is 148 Å². The number of fused-ring (bicyclic) bond motifs is 10. The summed E-state index contributed by atoms with van der Waals surface area (Å²) in [5.41, 5.74) is 13.2. The SMILES string of the molecule is [B]c1cc([B])c2c(c1)c1c([B])c([B])c3c4cc([B])cc([B])c4n(-c4ccc5oc6c(-c7nc(-c8ccccc8)cc(-c8ccccc8)n7)cccc6c5c4)c3c1n2-c1ccccc1. The first-order valence-corrected chi connectivity index (χ1v) is 20.5. The maximum Gasteiger partial charge on any atom is 0.164 e. The Balaban J connectivity index is 1.17. The monoisotopic (exact) mass is 788 g/mol. The lowest BCUT2D eigenvalue weighted by Gasteiger charge is -2.16. The van der Waals surface area contributed by atoms with Gasteiger partial charge in [0, 0.05) is 65.9 Å². The first kappa shape index (κ1) is 37.4. The van der Waals surface area contributed by atoms with E-state index in [0.717, 1.165) is 88.5 Å². The van der Waals surface area contributed by atoms with Gasteiger partial charge in [0.05, 0.1) is 28.0 Å². The van der Waals surface area contributed by atoms with Gasteiger partial charge < -0.3 is 13.6 Å². The minimum Gasteiger partial charge on any atom is -0.455 e. The highest BCUT2D eigenvalue weighted by Gasteiger charge is 2.27. The molecule has 5 nitrogen and oxygen atoms in total. The van der Waals surface area contributed by atoms with E-state index in [1.165, 1.54) is 0 Å². The molecular weight excluding hydrogens is 761 g/mol. The van der Waals surface area contributed by atoms with Crippen molar-refractivity contribution in [3.05, 3.63) is 158 Å². The van der Waals surface area contributed by atoms with E-state index in [0.29, 0.717) is 55.2 Å². The summed E-state index contributed by atoms with van der Waals surface area (Å²) >= 11 is 0. The van der Waals surface area contributed by atoms with E-state index in [9.17, 15) is 0 Å². The van der Waals surface area contributed by atoms with E-state index in [1.54, 1.807) is 12.1 Å². The molecule has 12 aromatic rings. The van der Waals surface area contributed by atoms with Gasteiger partial charge in [-0.15, -0.1) is 0 Å². The van der Waals surface area contributed by atoms with Crippen LogP contribution in [0.4, 0.5) is 0 Å². The third-order valence-electron chi connectivity index (χ3n) is 12.1. The molecule has 0 amide bonds. The van der Waals surface area contributed by atoms with Crippen LogP contribution < -0.4 is 32.8 Å². The molecule has 0 aliphatic heterocycles. The average Bonchev–Trinajstić information content (AvgIpc) is 3.97. The van der Waals surface area contributed by atoms with E-state index >= 15 is 0 Å². The molecule has 0 atom stereocenters. The van der Waals surface area contributed by atoms with Crippen molar-refractivity contribution in [2.24, 2.45) is 0 Å². The van der Waals surface area contributed by atoms with E-state index < -0.39 is 0 Å². The van der Waals surface area contributed by atoms with Crippen LogP contribution >= 0.6 is 0 Å². The molecule has 4 heterocycles. The second-order valence-electron chi connectivity index (χ2n) is 16.0. The molecule has 0 aliphatic carbocycles. The van der Waals surface area contributed by atoms with Gasteiger partial charge in [0.1, 0.15) is 58.2 Å². The summed E-state index contributed by atoms with van der Waals surface area (Å²) in [6, 6.07) is 51.9. The maximum absolute atomic E-state index is 7.15. The predicted molar refractivity (Wildman–Crippen MR) is 267 cm³/mol. The Morgan fingerprint density at radius 3 is 1.49 bits per heavy atom. The number of hydrogen-bond donors (Lipinski definition) is 0. The van der Waals surface area contributed by atoms with Gasteiger partial charge in [-0.25, -0.2) is 9.97 Å². The Bertz CT molecular complexity index is 3800. The molecule has 63 heavy (non-hydrogen) atoms. The topological polar surface area (TPSA) is 48.8 Å². The fourth-order valence-corrected chi connectivity index (χ4v) is 9.48. The van der Waals surface area contributed by atoms with Crippen molar-refractivity contribution in [3.63, 3.8) is 0 Å². The fourth-order valence-electron chi connectivity index (χ4n) is 9.48. The number of para-hydroxylation sites is 2. The molecule has 12 radical (unpaired) electrons. The summed E-state index contributed by atoms with van der Waals surface area (Å²) in [7, 11) is 41.1. The Labute approximate surface area is 370 Å². The lowest BCUT2D eigenvalue weighted by Crippen LogP contribution is -2.27. The molecule has 0 N–H and O–H groups in total. The van der Waals surface area contributed by atoms with Gasteiger partial charge >= 0.3 is 0 Å². The van der Waals surface area contributed by atoms with Gasteiger partial charge in [0.25, 0.3) is 0 Å². The first-order valence-electron chi connectivity index (χ1n) is 20.5. The summed E-state index contributed by atoms with van der Waals surface area (Å²) in [5.74, 6) is 0.553. The standard InChI is InChI=1S/C52H26B6N4O/c53-29-21-36-43-45(57)46(58)44-37-22-30(54)24-39(56)48(37)62(50(44)49(43)61(47(36)38(55)23-29)31-15-8-3-9-16-31)32-19-20-42-35(25-32)33-17-10-18-34(51(33)63-42)52-59-40(27-11-4-1-5-12-27)26-41(60-52)28-13-6-2-7-14-28/h1-26H. The van der Waals surface area contributed by atoms with Gasteiger partial charge in [-0.2, -0.15) is 0 Å². The van der Waals surface area contributed by atoms with Crippen molar-refractivity contribution in [2.45, 2.75) is 0 Å². The van der Waals surface area contributed by atoms with Crippen LogP contribution in [0.2, 0.25) is 0 Å². The number of nitrogens with zero attached hydrogens (tertiary/aromatic N) is 4. The Hall–Kier alpha value is -7.37. The highest BCUT2D eigenvalue weighted by atomic mass is 16.3. The van der Waals surface area contributed by atoms with Crippen molar-refractivity contribution in [2.75, 3.05) is 0 Å². The molecule has 0 aliphatic rings. The summed E-state index contributed by atoms with van der Waals surface area (Å²) in [6.45, 7) is 0. The van der Waals surface area contributed by atoms with E-state index in [4.69, 9.17) is 61.5 Å². The normalized spacial score (nSPS) is 11.9. The number of aromatic nitrogens is 4. The smallest absolute Gasteiger partial charge is 0.164 e. The number of hydrogen-bond acceptors (Lipinski definition) is 3. The molecule has 0 saturated heterocycles. The maximum atomic E-state index is 7.15. The molecule has 0 saturated carbocycles. The molecule has 0 fully saturated rings. The van der Waals surface area contributed by atoms with Gasteiger partial charge in [-0.05, 0) is 42.5 Å². The highest BCUT2D eigenvalue weighted by Crippen LogP contribution is 2.41. The molecule has 0 spiro atoms. The molecule has 278 valence electrons. The van der Waals surface area contributed by atoms with Crippen LogP contribution in [0.25, 0.3) is 111 Å². The van der Waals surface area contributed by atoms with Crippen LogP contribution in [-0.4, -0.2) is 66.2 Å². The quantitative estimate of drug-likeness (QED) is 0.192. The van der Waals surface area contributed by atoms with Crippen molar-refractivity contribution in [1.82, 2.24) is 19.1 Å². The van der Waals surface area contributed by atoms with Crippen LogP contribution in [0.5, 0.6) is 0 Å². The van der Waals surface area contributed by atoms with Gasteiger partial charge in [0.2, 0.25) is 0 Å². The lowest BCUT2D eigenvalue weighted by atomic mass is 9.74. The molecule has 11 heteroatoms. The Morgan fingerprint density at radius 2 is 0.937 bits per heavy atom.